The van der Waals surface area contributed by atoms with E-state index in [1.807, 2.05) is 30.3 Å². The van der Waals surface area contributed by atoms with Crippen molar-refractivity contribution in [2.45, 2.75) is 38.0 Å². The fourth-order valence-electron chi connectivity index (χ4n) is 5.69. The van der Waals surface area contributed by atoms with Gasteiger partial charge in [0.1, 0.15) is 11.6 Å². The summed E-state index contributed by atoms with van der Waals surface area (Å²) in [4.78, 5) is 33.4. The molecule has 6 rings (SSSR count). The van der Waals surface area contributed by atoms with Crippen molar-refractivity contribution in [3.05, 3.63) is 107 Å². The number of hydrogen-bond acceptors (Lipinski definition) is 9. The molecule has 0 unspecified atom stereocenters. The number of alkyl halides is 3. The van der Waals surface area contributed by atoms with Crippen molar-refractivity contribution in [2.24, 2.45) is 7.05 Å². The van der Waals surface area contributed by atoms with Crippen LogP contribution in [-0.2, 0) is 18.3 Å². The van der Waals surface area contributed by atoms with E-state index in [0.29, 0.717) is 58.1 Å². The normalized spacial score (nSPS) is 13.6. The number of ether oxygens (including phenoxy) is 3. The highest BCUT2D eigenvalue weighted by atomic mass is 19.4. The molecule has 3 heterocycles. The molecule has 1 aliphatic rings. The lowest BCUT2D eigenvalue weighted by molar-refractivity contribution is -0.192. The Hall–Kier alpha value is -5.54. The zero-order chi connectivity index (χ0) is 38.1. The minimum atomic E-state index is -5.08. The first-order valence-electron chi connectivity index (χ1n) is 16.7. The number of aliphatic hydroxyl groups excluding tert-OH is 1. The minimum Gasteiger partial charge on any atom is -0.493 e. The lowest BCUT2D eigenvalue weighted by Crippen LogP contribution is -2.36. The number of aliphatic carboxylic acids is 1. The number of carboxylic acids is 1. The standard InChI is InChI=1S/C36H37FN4O5.C2HF3O2/c1-40-35(19-24-7-4-3-5-8-24)39-23-28(36(40)43)25-9-10-32(29(37)20-25)46-31-11-14-38-30-22-34(33(44-2)21-27(30)31)45-18-6-15-41-16-12-26(42)13-17-41;3-2(4,5)1(6)7/h3-5,7-11,14,20-23,26,42H,6,12-13,15-19H2,1-2H3;(H,6,7). The van der Waals surface area contributed by atoms with Crippen LogP contribution in [0.25, 0.3) is 22.0 Å². The van der Waals surface area contributed by atoms with Gasteiger partial charge in [-0.1, -0.05) is 36.4 Å². The number of aromatic nitrogens is 3. The average Bonchev–Trinajstić information content (AvgIpc) is 3.14. The van der Waals surface area contributed by atoms with E-state index in [9.17, 15) is 23.1 Å². The van der Waals surface area contributed by atoms with Gasteiger partial charge in [-0.25, -0.2) is 14.2 Å². The maximum absolute atomic E-state index is 15.4. The second-order valence-corrected chi connectivity index (χ2v) is 12.3. The van der Waals surface area contributed by atoms with Crippen molar-refractivity contribution in [2.75, 3.05) is 33.4 Å². The van der Waals surface area contributed by atoms with Crippen molar-refractivity contribution in [1.29, 1.82) is 0 Å². The van der Waals surface area contributed by atoms with Gasteiger partial charge in [-0.15, -0.1) is 0 Å². The second kappa shape index (κ2) is 17.3. The summed E-state index contributed by atoms with van der Waals surface area (Å²) in [5, 5.41) is 17.5. The van der Waals surface area contributed by atoms with Gasteiger partial charge < -0.3 is 29.3 Å². The Morgan fingerprint density at radius 1 is 0.962 bits per heavy atom. The maximum Gasteiger partial charge on any atom is 0.490 e. The Morgan fingerprint density at radius 3 is 2.34 bits per heavy atom. The van der Waals surface area contributed by atoms with Gasteiger partial charge >= 0.3 is 12.1 Å². The molecule has 2 aromatic heterocycles. The van der Waals surface area contributed by atoms with Crippen molar-refractivity contribution in [3.8, 4) is 34.1 Å². The fourth-order valence-corrected chi connectivity index (χ4v) is 5.69. The van der Waals surface area contributed by atoms with Gasteiger partial charge in [0.25, 0.3) is 5.56 Å². The van der Waals surface area contributed by atoms with Crippen LogP contribution in [0, 0.1) is 5.82 Å². The number of methoxy groups -OCH3 is 1. The number of rotatable bonds is 11. The molecule has 15 heteroatoms. The van der Waals surface area contributed by atoms with E-state index in [0.717, 1.165) is 44.5 Å². The smallest absolute Gasteiger partial charge is 0.490 e. The van der Waals surface area contributed by atoms with Crippen LogP contribution in [0.4, 0.5) is 17.6 Å². The molecule has 3 aromatic carbocycles. The van der Waals surface area contributed by atoms with Crippen molar-refractivity contribution in [3.63, 3.8) is 0 Å². The largest absolute Gasteiger partial charge is 0.493 e. The van der Waals surface area contributed by atoms with E-state index >= 15 is 4.39 Å². The fraction of sp³-hybridized carbons (Fsp3) is 0.316. The number of hydrogen-bond donors (Lipinski definition) is 2. The third-order valence-corrected chi connectivity index (χ3v) is 8.60. The number of fused-ring (bicyclic) bond motifs is 1. The quantitative estimate of drug-likeness (QED) is 0.116. The summed E-state index contributed by atoms with van der Waals surface area (Å²) in [5.41, 5.74) is 2.10. The number of nitrogens with zero attached hydrogens (tertiary/aromatic N) is 4. The molecule has 2 N–H and O–H groups in total. The SMILES string of the molecule is COc1cc2c(Oc3ccc(-c4cnc(Cc5ccccc5)n(C)c4=O)cc3F)ccnc2cc1OCCCN1CCC(O)CC1.O=C(O)C(F)(F)F. The van der Waals surface area contributed by atoms with E-state index in [2.05, 4.69) is 14.9 Å². The van der Waals surface area contributed by atoms with E-state index in [4.69, 9.17) is 24.1 Å². The molecular weight excluding hydrogens is 700 g/mol. The number of likely N-dealkylation sites (tertiary alicyclic amines) is 1. The molecule has 0 amide bonds. The number of piperidine rings is 1. The summed E-state index contributed by atoms with van der Waals surface area (Å²) >= 11 is 0. The number of halogens is 4. The zero-order valence-corrected chi connectivity index (χ0v) is 29.0. The van der Waals surface area contributed by atoms with Gasteiger partial charge in [-0.05, 0) is 54.7 Å². The first-order chi connectivity index (χ1) is 25.3. The van der Waals surface area contributed by atoms with E-state index in [1.54, 1.807) is 44.6 Å². The molecule has 5 aromatic rings. The average molecular weight is 739 g/mol. The molecule has 1 aliphatic heterocycles. The van der Waals surface area contributed by atoms with E-state index in [1.165, 1.54) is 22.9 Å². The Balaban J connectivity index is 0.000000705. The van der Waals surface area contributed by atoms with Crippen LogP contribution in [0.15, 0.2) is 83.9 Å². The number of carbonyl (C=O) groups is 1. The summed E-state index contributed by atoms with van der Waals surface area (Å²) in [6, 6.07) is 19.5. The first kappa shape index (κ1) is 38.7. The molecule has 0 aliphatic carbocycles. The lowest BCUT2D eigenvalue weighted by Gasteiger charge is -2.29. The Kier molecular flexibility index (Phi) is 12.6. The molecule has 0 bridgehead atoms. The summed E-state index contributed by atoms with van der Waals surface area (Å²) in [7, 11) is 3.24. The second-order valence-electron chi connectivity index (χ2n) is 12.3. The molecule has 1 fully saturated rings. The summed E-state index contributed by atoms with van der Waals surface area (Å²) in [5.74, 6) is -1.27. The number of benzene rings is 3. The minimum absolute atomic E-state index is 0.00579. The highest BCUT2D eigenvalue weighted by molar-refractivity contribution is 5.88. The molecule has 0 saturated carbocycles. The van der Waals surface area contributed by atoms with E-state index in [-0.39, 0.29) is 17.4 Å². The topological polar surface area (TPSA) is 136 Å². The van der Waals surface area contributed by atoms with Gasteiger partial charge in [-0.3, -0.25) is 14.3 Å². The van der Waals surface area contributed by atoms with Gasteiger partial charge in [0.2, 0.25) is 0 Å². The van der Waals surface area contributed by atoms with Gasteiger partial charge in [0.15, 0.2) is 23.1 Å². The van der Waals surface area contributed by atoms with Gasteiger partial charge in [-0.2, -0.15) is 13.2 Å². The van der Waals surface area contributed by atoms with E-state index < -0.39 is 18.0 Å². The molecule has 1 saturated heterocycles. The van der Waals surface area contributed by atoms with Crippen molar-refractivity contribution in [1.82, 2.24) is 19.4 Å². The highest BCUT2D eigenvalue weighted by Gasteiger charge is 2.38. The third kappa shape index (κ3) is 10.1. The van der Waals surface area contributed by atoms with Crippen LogP contribution in [0.5, 0.6) is 23.0 Å². The Morgan fingerprint density at radius 2 is 1.68 bits per heavy atom. The van der Waals surface area contributed by atoms with Crippen LogP contribution in [0.3, 0.4) is 0 Å². The lowest BCUT2D eigenvalue weighted by atomic mass is 10.1. The molecule has 0 spiro atoms. The Labute approximate surface area is 302 Å². The molecule has 53 heavy (non-hydrogen) atoms. The predicted molar refractivity (Wildman–Crippen MR) is 188 cm³/mol. The van der Waals surface area contributed by atoms with Crippen LogP contribution >= 0.6 is 0 Å². The molecule has 0 radical (unpaired) electrons. The molecule has 280 valence electrons. The number of carboxylic acid groups (broad SMARTS) is 1. The van der Waals surface area contributed by atoms with Crippen molar-refractivity contribution < 1.29 is 46.8 Å². The molecule has 0 atom stereocenters. The summed E-state index contributed by atoms with van der Waals surface area (Å²) in [6.45, 7) is 3.19. The predicted octanol–water partition coefficient (Wildman–Crippen LogP) is 6.39. The molecule has 11 nitrogen and oxygen atoms in total. The monoisotopic (exact) mass is 738 g/mol. The zero-order valence-electron chi connectivity index (χ0n) is 29.0. The van der Waals surface area contributed by atoms with Crippen LogP contribution < -0.4 is 19.8 Å². The van der Waals surface area contributed by atoms with Crippen LogP contribution in [0.2, 0.25) is 0 Å². The highest BCUT2D eigenvalue weighted by Crippen LogP contribution is 2.38. The van der Waals surface area contributed by atoms with Gasteiger partial charge in [0.05, 0.1) is 30.9 Å². The number of aliphatic hydroxyl groups is 1. The van der Waals surface area contributed by atoms with Crippen LogP contribution in [-0.4, -0.2) is 81.2 Å². The number of pyridine rings is 1. The maximum atomic E-state index is 15.4. The van der Waals surface area contributed by atoms with Crippen LogP contribution in [0.1, 0.15) is 30.7 Å². The van der Waals surface area contributed by atoms with Crippen molar-refractivity contribution >= 4 is 16.9 Å². The Bertz CT molecular complexity index is 2090. The summed E-state index contributed by atoms with van der Waals surface area (Å²) in [6.07, 6.45) is 0.789. The molecular formula is C38H38F4N4O7. The summed E-state index contributed by atoms with van der Waals surface area (Å²) < 4.78 is 66.4. The third-order valence-electron chi connectivity index (χ3n) is 8.60. The first-order valence-corrected chi connectivity index (χ1v) is 16.7. The van der Waals surface area contributed by atoms with Gasteiger partial charge in [0, 0.05) is 56.9 Å².